The van der Waals surface area contributed by atoms with E-state index in [2.05, 4.69) is 10.1 Å². The van der Waals surface area contributed by atoms with E-state index in [1.165, 1.54) is 12.3 Å². The maximum Gasteiger partial charge on any atom is 0.337 e. The summed E-state index contributed by atoms with van der Waals surface area (Å²) in [7, 11) is 0. The van der Waals surface area contributed by atoms with Crippen molar-refractivity contribution >= 4 is 5.97 Å². The Hall–Kier alpha value is -2.21. The van der Waals surface area contributed by atoms with Crippen molar-refractivity contribution in [2.75, 3.05) is 0 Å². The minimum atomic E-state index is -0.998. The molecule has 82 valence electrons. The first-order valence-electron chi connectivity index (χ1n) is 4.64. The molecule has 0 amide bonds. The molecule has 0 bridgehead atoms. The molecule has 0 aliphatic rings. The molecule has 0 saturated carbocycles. The maximum absolute atomic E-state index is 10.6. The van der Waals surface area contributed by atoms with Crippen LogP contribution in [-0.2, 0) is 6.54 Å². The number of nitrogens with zero attached hydrogens (tertiary/aromatic N) is 3. The molecule has 0 aromatic carbocycles. The average Bonchev–Trinajstić information content (AvgIpc) is 2.77. The van der Waals surface area contributed by atoms with Gasteiger partial charge in [0.1, 0.15) is 0 Å². The topological polar surface area (TPSA) is 94.0 Å². The van der Waals surface area contributed by atoms with Gasteiger partial charge < -0.3 is 10.8 Å². The number of carbonyl (C=O) groups is 1. The Kier molecular flexibility index (Phi) is 2.65. The Balaban J connectivity index is 2.30. The molecule has 0 atom stereocenters. The van der Waals surface area contributed by atoms with Gasteiger partial charge in [-0.3, -0.25) is 0 Å². The summed E-state index contributed by atoms with van der Waals surface area (Å²) in [5.41, 5.74) is 6.49. The first kappa shape index (κ1) is 10.3. The lowest BCUT2D eigenvalue weighted by Gasteiger charge is -1.99. The largest absolute Gasteiger partial charge is 0.478 e. The van der Waals surface area contributed by atoms with Crippen LogP contribution in [-0.4, -0.2) is 25.8 Å². The van der Waals surface area contributed by atoms with E-state index in [1.807, 2.05) is 0 Å². The molecule has 0 radical (unpaired) electrons. The molecule has 3 N–H and O–H groups in total. The van der Waals surface area contributed by atoms with Gasteiger partial charge in [0.2, 0.25) is 0 Å². The standard InChI is InChI=1S/C10H10N4O2/c11-3-7-4-13-14(6-7)9-2-1-8(5-12-9)10(15)16/h1-2,4-6H,3,11H2,(H,15,16). The fourth-order valence-corrected chi connectivity index (χ4v) is 1.24. The van der Waals surface area contributed by atoms with Crippen molar-refractivity contribution in [1.29, 1.82) is 0 Å². The van der Waals surface area contributed by atoms with Gasteiger partial charge in [0.05, 0.1) is 11.8 Å². The fourth-order valence-electron chi connectivity index (χ4n) is 1.24. The molecule has 0 unspecified atom stereocenters. The first-order valence-corrected chi connectivity index (χ1v) is 4.64. The third kappa shape index (κ3) is 1.91. The highest BCUT2D eigenvalue weighted by Gasteiger charge is 2.04. The van der Waals surface area contributed by atoms with Gasteiger partial charge in [-0.25, -0.2) is 14.5 Å². The Morgan fingerprint density at radius 2 is 2.25 bits per heavy atom. The molecule has 2 rings (SSSR count). The minimum Gasteiger partial charge on any atom is -0.478 e. The van der Waals surface area contributed by atoms with Gasteiger partial charge in [0.15, 0.2) is 5.82 Å². The highest BCUT2D eigenvalue weighted by Crippen LogP contribution is 2.06. The van der Waals surface area contributed by atoms with Crippen LogP contribution in [0, 0.1) is 0 Å². The van der Waals surface area contributed by atoms with Crippen LogP contribution in [0.2, 0.25) is 0 Å². The minimum absolute atomic E-state index is 0.148. The van der Waals surface area contributed by atoms with Crippen molar-refractivity contribution in [2.45, 2.75) is 6.54 Å². The molecule has 6 nitrogen and oxygen atoms in total. The number of carboxylic acid groups (broad SMARTS) is 1. The number of pyridine rings is 1. The van der Waals surface area contributed by atoms with Crippen LogP contribution < -0.4 is 5.73 Å². The van der Waals surface area contributed by atoms with Crippen molar-refractivity contribution in [1.82, 2.24) is 14.8 Å². The van der Waals surface area contributed by atoms with Crippen LogP contribution in [0.5, 0.6) is 0 Å². The quantitative estimate of drug-likeness (QED) is 0.778. The summed E-state index contributed by atoms with van der Waals surface area (Å²) in [6, 6.07) is 3.07. The molecule has 0 aliphatic carbocycles. The van der Waals surface area contributed by atoms with Crippen LogP contribution in [0.15, 0.2) is 30.7 Å². The summed E-state index contributed by atoms with van der Waals surface area (Å²) in [5, 5.41) is 12.8. The van der Waals surface area contributed by atoms with E-state index in [-0.39, 0.29) is 5.56 Å². The molecule has 0 spiro atoms. The Labute approximate surface area is 91.3 Å². The number of rotatable bonds is 3. The van der Waals surface area contributed by atoms with Gasteiger partial charge >= 0.3 is 5.97 Å². The lowest BCUT2D eigenvalue weighted by atomic mass is 10.3. The second-order valence-corrected chi connectivity index (χ2v) is 3.21. The van der Waals surface area contributed by atoms with Crippen molar-refractivity contribution in [3.05, 3.63) is 41.9 Å². The van der Waals surface area contributed by atoms with Gasteiger partial charge in [-0.05, 0) is 12.1 Å². The number of aromatic carboxylic acids is 1. The molecule has 6 heteroatoms. The van der Waals surface area contributed by atoms with Gasteiger partial charge in [0, 0.05) is 24.5 Å². The Morgan fingerprint density at radius 1 is 1.44 bits per heavy atom. The normalized spacial score (nSPS) is 10.3. The lowest BCUT2D eigenvalue weighted by molar-refractivity contribution is 0.0696. The van der Waals surface area contributed by atoms with E-state index in [9.17, 15) is 4.79 Å². The van der Waals surface area contributed by atoms with Crippen LogP contribution in [0.4, 0.5) is 0 Å². The fraction of sp³-hybridized carbons (Fsp3) is 0.100. The van der Waals surface area contributed by atoms with Crippen molar-refractivity contribution in [3.63, 3.8) is 0 Å². The second kappa shape index (κ2) is 4.11. The zero-order valence-corrected chi connectivity index (χ0v) is 8.37. The van der Waals surface area contributed by atoms with E-state index in [4.69, 9.17) is 10.8 Å². The molecule has 2 aromatic heterocycles. The number of carboxylic acids is 1. The van der Waals surface area contributed by atoms with Crippen LogP contribution >= 0.6 is 0 Å². The SMILES string of the molecule is NCc1cnn(-c2ccc(C(=O)O)cn2)c1. The summed E-state index contributed by atoms with van der Waals surface area (Å²) in [4.78, 5) is 14.6. The zero-order valence-electron chi connectivity index (χ0n) is 8.37. The van der Waals surface area contributed by atoms with Crippen LogP contribution in [0.25, 0.3) is 5.82 Å². The molecule has 0 fully saturated rings. The summed E-state index contributed by atoms with van der Waals surface area (Å²) < 4.78 is 1.55. The zero-order chi connectivity index (χ0) is 11.5. The third-order valence-corrected chi connectivity index (χ3v) is 2.10. The highest BCUT2D eigenvalue weighted by molar-refractivity contribution is 5.87. The van der Waals surface area contributed by atoms with E-state index >= 15 is 0 Å². The molecular weight excluding hydrogens is 208 g/mol. The van der Waals surface area contributed by atoms with Crippen LogP contribution in [0.3, 0.4) is 0 Å². The van der Waals surface area contributed by atoms with E-state index in [1.54, 1.807) is 23.1 Å². The molecular formula is C10H10N4O2. The Morgan fingerprint density at radius 3 is 2.75 bits per heavy atom. The summed E-state index contributed by atoms with van der Waals surface area (Å²) >= 11 is 0. The second-order valence-electron chi connectivity index (χ2n) is 3.21. The van der Waals surface area contributed by atoms with Gasteiger partial charge in [0.25, 0.3) is 0 Å². The smallest absolute Gasteiger partial charge is 0.337 e. The average molecular weight is 218 g/mol. The van der Waals surface area contributed by atoms with Gasteiger partial charge in [-0.2, -0.15) is 5.10 Å². The predicted octanol–water partition coefficient (Wildman–Crippen LogP) is 0.424. The van der Waals surface area contributed by atoms with E-state index in [0.29, 0.717) is 12.4 Å². The Bertz CT molecular complexity index is 504. The number of hydrogen-bond donors (Lipinski definition) is 2. The molecule has 0 aliphatic heterocycles. The predicted molar refractivity (Wildman–Crippen MR) is 56.2 cm³/mol. The lowest BCUT2D eigenvalue weighted by Crippen LogP contribution is -2.01. The van der Waals surface area contributed by atoms with E-state index in [0.717, 1.165) is 5.56 Å². The monoisotopic (exact) mass is 218 g/mol. The maximum atomic E-state index is 10.6. The molecule has 16 heavy (non-hydrogen) atoms. The van der Waals surface area contributed by atoms with Gasteiger partial charge in [-0.15, -0.1) is 0 Å². The van der Waals surface area contributed by atoms with Crippen molar-refractivity contribution < 1.29 is 9.90 Å². The molecule has 0 saturated heterocycles. The van der Waals surface area contributed by atoms with E-state index < -0.39 is 5.97 Å². The van der Waals surface area contributed by atoms with Crippen molar-refractivity contribution in [2.24, 2.45) is 5.73 Å². The summed E-state index contributed by atoms with van der Waals surface area (Å²) in [5.74, 6) is -0.438. The third-order valence-electron chi connectivity index (χ3n) is 2.10. The van der Waals surface area contributed by atoms with Gasteiger partial charge in [-0.1, -0.05) is 0 Å². The number of nitrogens with two attached hydrogens (primary N) is 1. The summed E-state index contributed by atoms with van der Waals surface area (Å²) in [6.07, 6.45) is 4.69. The van der Waals surface area contributed by atoms with Crippen LogP contribution in [0.1, 0.15) is 15.9 Å². The molecule has 2 heterocycles. The number of aromatic nitrogens is 3. The first-order chi connectivity index (χ1) is 7.70. The number of hydrogen-bond acceptors (Lipinski definition) is 4. The van der Waals surface area contributed by atoms with Crippen molar-refractivity contribution in [3.8, 4) is 5.82 Å². The summed E-state index contributed by atoms with van der Waals surface area (Å²) in [6.45, 7) is 0.410. The molecule has 2 aromatic rings. The highest BCUT2D eigenvalue weighted by atomic mass is 16.4.